The fraction of sp³-hybridized carbons (Fsp3) is 0.494. The van der Waals surface area contributed by atoms with Gasteiger partial charge in [-0.25, -0.2) is 0 Å². The zero-order chi connectivity index (χ0) is 67.9. The monoisotopic (exact) mass is 1320 g/mol. The van der Waals surface area contributed by atoms with E-state index in [4.69, 9.17) is 37.9 Å². The van der Waals surface area contributed by atoms with Crippen LogP contribution in [0.2, 0.25) is 0 Å². The van der Waals surface area contributed by atoms with Crippen molar-refractivity contribution >= 4 is 5.69 Å². The number of epoxide rings is 2. The van der Waals surface area contributed by atoms with E-state index in [1.165, 1.54) is 44.5 Å². The Hall–Kier alpha value is -7.14. The molecular weight excluding hydrogens is 1220 g/mol. The van der Waals surface area contributed by atoms with Crippen LogP contribution < -0.4 is 33.3 Å². The highest BCUT2D eigenvalue weighted by Gasteiger charge is 2.32. The number of aryl methyl sites for hydroxylation is 6. The average Bonchev–Trinajstić information content (AvgIpc) is 1.88. The second-order valence-electron chi connectivity index (χ2n) is 26.8. The molecule has 0 spiro atoms. The van der Waals surface area contributed by atoms with Crippen molar-refractivity contribution in [3.8, 4) is 34.5 Å². The summed E-state index contributed by atoms with van der Waals surface area (Å²) in [7, 11) is 0. The number of hydrogen-bond acceptors (Lipinski definition) is 14. The number of hydrogen-bond donors (Lipinski definition) is 4. The predicted molar refractivity (Wildman–Crippen MR) is 386 cm³/mol. The molecule has 6 unspecified atom stereocenters. The number of fused-ring (bicyclic) bond motifs is 2. The van der Waals surface area contributed by atoms with Gasteiger partial charge in [0.1, 0.15) is 86.3 Å². The topological polar surface area (TPSA) is 168 Å². The van der Waals surface area contributed by atoms with E-state index in [1.807, 2.05) is 29.2 Å². The van der Waals surface area contributed by atoms with Crippen LogP contribution in [-0.4, -0.2) is 148 Å². The van der Waals surface area contributed by atoms with Crippen LogP contribution in [-0.2, 0) is 73.7 Å². The molecule has 2 saturated heterocycles. The lowest BCUT2D eigenvalue weighted by atomic mass is 9.94. The Bertz CT molecular complexity index is 3350. The van der Waals surface area contributed by atoms with Gasteiger partial charge < -0.3 is 63.2 Å². The smallest absolute Gasteiger partial charge is 0.122 e. The summed E-state index contributed by atoms with van der Waals surface area (Å²) >= 11 is 0. The predicted octanol–water partition coefficient (Wildman–Crippen LogP) is 13.5. The summed E-state index contributed by atoms with van der Waals surface area (Å²) in [5.74, 6) is 4.67. The van der Waals surface area contributed by atoms with Gasteiger partial charge in [0.2, 0.25) is 0 Å². The Morgan fingerprint density at radius 3 is 1.24 bits per heavy atom. The van der Waals surface area contributed by atoms with Crippen LogP contribution in [0.25, 0.3) is 0 Å². The lowest BCUT2D eigenvalue weighted by Gasteiger charge is -2.39. The molecular formula is C83H108N2O12. The van der Waals surface area contributed by atoms with E-state index < -0.39 is 24.2 Å². The molecule has 7 aromatic rings. The summed E-state index contributed by atoms with van der Waals surface area (Å²) in [5.41, 5.74) is 16.1. The van der Waals surface area contributed by atoms with Crippen LogP contribution in [0, 0.1) is 0 Å². The zero-order valence-electron chi connectivity index (χ0n) is 58.6. The molecule has 3 aliphatic heterocycles. The molecule has 0 saturated carbocycles. The first-order chi connectivity index (χ1) is 47.5. The maximum atomic E-state index is 11.6. The molecule has 14 heteroatoms. The third-order valence-corrected chi connectivity index (χ3v) is 19.1. The lowest BCUT2D eigenvalue weighted by Crippen LogP contribution is -2.52. The lowest BCUT2D eigenvalue weighted by molar-refractivity contribution is 0.0110. The fourth-order valence-electron chi connectivity index (χ4n) is 13.7. The summed E-state index contributed by atoms with van der Waals surface area (Å²) in [6.45, 7) is 15.8. The van der Waals surface area contributed by atoms with E-state index in [0.717, 1.165) is 147 Å². The van der Waals surface area contributed by atoms with E-state index >= 15 is 0 Å². The molecule has 7 aromatic carbocycles. The number of ether oxygens (including phenoxy) is 8. The second kappa shape index (κ2) is 37.2. The Morgan fingerprint density at radius 1 is 0.423 bits per heavy atom. The first-order valence-corrected chi connectivity index (χ1v) is 36.3. The van der Waals surface area contributed by atoms with E-state index in [2.05, 4.69) is 156 Å². The molecule has 0 aliphatic carbocycles. The van der Waals surface area contributed by atoms with Gasteiger partial charge in [-0.1, -0.05) is 153 Å². The number of rotatable bonds is 38. The van der Waals surface area contributed by atoms with Crippen molar-refractivity contribution in [1.29, 1.82) is 0 Å². The minimum absolute atomic E-state index is 0.137. The van der Waals surface area contributed by atoms with Gasteiger partial charge in [-0.15, -0.1) is 0 Å². The van der Waals surface area contributed by atoms with Gasteiger partial charge in [-0.2, -0.15) is 0 Å². The van der Waals surface area contributed by atoms with Crippen LogP contribution in [0.1, 0.15) is 152 Å². The number of benzene rings is 7. The van der Waals surface area contributed by atoms with Crippen molar-refractivity contribution < 1.29 is 58.3 Å². The summed E-state index contributed by atoms with van der Waals surface area (Å²) in [4.78, 5) is 4.19. The average molecular weight is 1330 g/mol. The molecule has 0 bridgehead atoms. The normalized spacial score (nSPS) is 17.4. The van der Waals surface area contributed by atoms with Gasteiger partial charge in [0.25, 0.3) is 0 Å². The molecule has 97 heavy (non-hydrogen) atoms. The quantitative estimate of drug-likeness (QED) is 0.0270. The molecule has 0 aromatic heterocycles. The maximum Gasteiger partial charge on any atom is 0.122 e. The Kier molecular flexibility index (Phi) is 27.8. The third-order valence-electron chi connectivity index (χ3n) is 19.1. The van der Waals surface area contributed by atoms with Crippen LogP contribution in [0.5, 0.6) is 34.5 Å². The van der Waals surface area contributed by atoms with Gasteiger partial charge in [-0.05, 0) is 178 Å². The van der Waals surface area contributed by atoms with E-state index in [-0.39, 0.29) is 65.1 Å². The highest BCUT2D eigenvalue weighted by molar-refractivity contribution is 5.52. The van der Waals surface area contributed by atoms with Crippen molar-refractivity contribution in [2.75, 3.05) is 90.7 Å². The van der Waals surface area contributed by atoms with Crippen LogP contribution >= 0.6 is 0 Å². The fourth-order valence-corrected chi connectivity index (χ4v) is 13.7. The minimum atomic E-state index is -0.545. The van der Waals surface area contributed by atoms with E-state index in [0.29, 0.717) is 56.9 Å². The first-order valence-electron chi connectivity index (χ1n) is 36.3. The first kappa shape index (κ1) is 72.6. The molecule has 2 fully saturated rings. The summed E-state index contributed by atoms with van der Waals surface area (Å²) in [6.07, 6.45) is 14.6. The standard InChI is InChI=1S/C83H108N2O12/c1-7-13-59-23-33-82(96-56-78-54-92-78)67(37-59)41-65-44-76(29-25-63(65)17-11-5)90-50-72(46-86)84(73(47-87)51-91-77-30-26-64(18-12-6)66(45-77)42-68-38-60(14-8-2)24-34-83(68)97-57-79-55-93-79)36-35-58-19-27-71(28-20-58)85-74(48-88)52-94-80-31-21-61(15-9-3)39-69(80)43-70-40-62(16-10-4)22-32-81(70)95-53-75(85)49-89/h19-34,37-40,44-45,72-75,78-79,86-89H,7-18,35-36,41-43,46-57H2,1-6H3. The summed E-state index contributed by atoms with van der Waals surface area (Å²) < 4.78 is 50.9. The number of anilines is 1. The number of aliphatic hydroxyl groups is 4. The van der Waals surface area contributed by atoms with Gasteiger partial charge in [0.05, 0.1) is 63.8 Å². The van der Waals surface area contributed by atoms with Crippen molar-refractivity contribution in [2.24, 2.45) is 0 Å². The van der Waals surface area contributed by atoms with Crippen molar-refractivity contribution in [2.45, 2.75) is 181 Å². The molecule has 0 amide bonds. The molecule has 6 atom stereocenters. The van der Waals surface area contributed by atoms with E-state index in [1.54, 1.807) is 0 Å². The van der Waals surface area contributed by atoms with E-state index in [9.17, 15) is 20.4 Å². The SMILES string of the molecule is CCCc1ccc(OCC2CO2)c(Cc2cc(OCC(CO)N(CCc3ccc(N4C(CO)COc5ccc(CCC)cc5Cc5cc(CCC)ccc5OCC4CO)cc3)C(CO)COc3ccc(CCC)c(Cc4cc(CCC)ccc4OCC4CO4)c3)ccc2CCC)c1. The zero-order valence-corrected chi connectivity index (χ0v) is 58.6. The Morgan fingerprint density at radius 2 is 0.835 bits per heavy atom. The molecule has 3 heterocycles. The highest BCUT2D eigenvalue weighted by Crippen LogP contribution is 2.35. The number of aliphatic hydroxyl groups excluding tert-OH is 4. The van der Waals surface area contributed by atoms with Crippen molar-refractivity contribution in [3.63, 3.8) is 0 Å². The van der Waals surface area contributed by atoms with Crippen molar-refractivity contribution in [1.82, 2.24) is 4.90 Å². The molecule has 14 nitrogen and oxygen atoms in total. The van der Waals surface area contributed by atoms with Crippen LogP contribution in [0.3, 0.4) is 0 Å². The minimum Gasteiger partial charge on any atom is -0.492 e. The van der Waals surface area contributed by atoms with Crippen LogP contribution in [0.4, 0.5) is 5.69 Å². The van der Waals surface area contributed by atoms with Crippen molar-refractivity contribution in [3.05, 3.63) is 206 Å². The number of nitrogens with zero attached hydrogens (tertiary/aromatic N) is 2. The molecule has 3 aliphatic rings. The Labute approximate surface area is 577 Å². The largest absolute Gasteiger partial charge is 0.492 e. The second-order valence-corrected chi connectivity index (χ2v) is 26.8. The molecule has 0 radical (unpaired) electrons. The van der Waals surface area contributed by atoms with Gasteiger partial charge in [0, 0.05) is 31.5 Å². The summed E-state index contributed by atoms with van der Waals surface area (Å²) in [5, 5.41) is 45.7. The Balaban J connectivity index is 0.925. The maximum absolute atomic E-state index is 11.6. The highest BCUT2D eigenvalue weighted by atomic mass is 16.6. The van der Waals surface area contributed by atoms with Gasteiger partial charge in [-0.3, -0.25) is 4.90 Å². The molecule has 4 N–H and O–H groups in total. The van der Waals surface area contributed by atoms with Gasteiger partial charge in [0.15, 0.2) is 0 Å². The summed E-state index contributed by atoms with van der Waals surface area (Å²) in [6, 6.07) is 44.9. The molecule has 10 rings (SSSR count). The molecule has 522 valence electrons. The van der Waals surface area contributed by atoms with Gasteiger partial charge >= 0.3 is 0 Å². The van der Waals surface area contributed by atoms with Crippen LogP contribution in [0.15, 0.2) is 133 Å². The third kappa shape index (κ3) is 20.7.